The highest BCUT2D eigenvalue weighted by molar-refractivity contribution is 5.31. The maximum Gasteiger partial charge on any atom is 0.118 e. The molecule has 0 spiro atoms. The Labute approximate surface area is 114 Å². The van der Waals surface area contributed by atoms with Crippen molar-refractivity contribution >= 4 is 0 Å². The van der Waals surface area contributed by atoms with E-state index in [0.29, 0.717) is 18.6 Å². The number of para-hydroxylation sites is 1. The minimum atomic E-state index is -0.320. The van der Waals surface area contributed by atoms with Crippen molar-refractivity contribution in [1.82, 2.24) is 0 Å². The molecule has 0 amide bonds. The molecule has 0 heterocycles. The summed E-state index contributed by atoms with van der Waals surface area (Å²) in [6.45, 7) is 0. The molecule has 0 saturated carbocycles. The lowest BCUT2D eigenvalue weighted by Crippen LogP contribution is -2.09. The van der Waals surface area contributed by atoms with Gasteiger partial charge in [0.15, 0.2) is 0 Å². The normalized spacial score (nSPS) is 12.3. The highest BCUT2D eigenvalue weighted by Crippen LogP contribution is 2.19. The molecule has 1 atom stereocenters. The predicted octanol–water partition coefficient (Wildman–Crippen LogP) is 3.32. The van der Waals surface area contributed by atoms with Crippen LogP contribution in [0.2, 0.25) is 0 Å². The van der Waals surface area contributed by atoms with Crippen molar-refractivity contribution in [2.24, 2.45) is 0 Å². The van der Waals surface area contributed by atoms with Crippen LogP contribution in [0.3, 0.4) is 0 Å². The molecule has 2 rings (SSSR count). The van der Waals surface area contributed by atoms with Crippen LogP contribution in [0.25, 0.3) is 0 Å². The smallest absolute Gasteiger partial charge is 0.118 e. The number of aliphatic hydroxyl groups excluding tert-OH is 1. The molecular weight excluding hydrogens is 236 g/mol. The number of rotatable bonds is 6. The fourth-order valence-corrected chi connectivity index (χ4v) is 2.17. The third-order valence-corrected chi connectivity index (χ3v) is 3.35. The van der Waals surface area contributed by atoms with Crippen molar-refractivity contribution in [2.45, 2.75) is 31.8 Å². The highest BCUT2D eigenvalue weighted by Gasteiger charge is 2.07. The van der Waals surface area contributed by atoms with E-state index in [0.717, 1.165) is 18.4 Å². The molecule has 0 bridgehead atoms. The van der Waals surface area contributed by atoms with Gasteiger partial charge in [0, 0.05) is 0 Å². The van der Waals surface area contributed by atoms with Gasteiger partial charge in [0.05, 0.1) is 6.10 Å². The fourth-order valence-electron chi connectivity index (χ4n) is 2.17. The maximum absolute atomic E-state index is 9.98. The van der Waals surface area contributed by atoms with Gasteiger partial charge in [-0.15, -0.1) is 0 Å². The summed E-state index contributed by atoms with van der Waals surface area (Å²) in [7, 11) is 0. The number of hydrogen-bond donors (Lipinski definition) is 2. The largest absolute Gasteiger partial charge is 0.508 e. The second-order valence-corrected chi connectivity index (χ2v) is 4.85. The Morgan fingerprint density at radius 2 is 1.42 bits per heavy atom. The molecule has 0 aliphatic carbocycles. The summed E-state index contributed by atoms with van der Waals surface area (Å²) in [4.78, 5) is 0. The first-order valence-corrected chi connectivity index (χ1v) is 6.74. The summed E-state index contributed by atoms with van der Waals surface area (Å²) in [6, 6.07) is 17.5. The molecule has 2 N–H and O–H groups in total. The van der Waals surface area contributed by atoms with Crippen LogP contribution < -0.4 is 0 Å². The van der Waals surface area contributed by atoms with E-state index in [1.54, 1.807) is 6.07 Å². The molecule has 2 heteroatoms. The molecule has 0 radical (unpaired) electrons. The first kappa shape index (κ1) is 13.6. The first-order chi connectivity index (χ1) is 9.25. The molecule has 2 nitrogen and oxygen atoms in total. The molecule has 0 aromatic heterocycles. The van der Waals surface area contributed by atoms with E-state index in [2.05, 4.69) is 12.1 Å². The van der Waals surface area contributed by atoms with Crippen molar-refractivity contribution < 1.29 is 10.2 Å². The van der Waals surface area contributed by atoms with Crippen molar-refractivity contribution in [2.75, 3.05) is 0 Å². The van der Waals surface area contributed by atoms with E-state index in [1.807, 2.05) is 36.4 Å². The maximum atomic E-state index is 9.98. The molecule has 0 aliphatic heterocycles. The van der Waals surface area contributed by atoms with Gasteiger partial charge >= 0.3 is 0 Å². The zero-order chi connectivity index (χ0) is 13.5. The number of phenolic OH excluding ortho intramolecular Hbond substituents is 1. The fraction of sp³-hybridized carbons (Fsp3) is 0.294. The van der Waals surface area contributed by atoms with Crippen LogP contribution in [-0.4, -0.2) is 16.3 Å². The van der Waals surface area contributed by atoms with Crippen LogP contribution in [0.15, 0.2) is 54.6 Å². The van der Waals surface area contributed by atoms with E-state index >= 15 is 0 Å². The topological polar surface area (TPSA) is 40.5 Å². The van der Waals surface area contributed by atoms with Crippen LogP contribution >= 0.6 is 0 Å². The average molecular weight is 256 g/mol. The van der Waals surface area contributed by atoms with Gasteiger partial charge < -0.3 is 10.2 Å². The quantitative estimate of drug-likeness (QED) is 0.832. The molecule has 0 saturated heterocycles. The Kier molecular flexibility index (Phi) is 4.99. The Balaban J connectivity index is 1.76. The van der Waals surface area contributed by atoms with E-state index in [1.165, 1.54) is 5.56 Å². The number of hydrogen-bond acceptors (Lipinski definition) is 2. The van der Waals surface area contributed by atoms with E-state index in [-0.39, 0.29) is 6.10 Å². The summed E-state index contributed by atoms with van der Waals surface area (Å²) in [6.07, 6.45) is 2.73. The van der Waals surface area contributed by atoms with Gasteiger partial charge in [0.25, 0.3) is 0 Å². The molecule has 2 aromatic rings. The van der Waals surface area contributed by atoms with Crippen molar-refractivity contribution in [3.8, 4) is 5.75 Å². The molecule has 1 unspecified atom stereocenters. The van der Waals surface area contributed by atoms with Crippen molar-refractivity contribution in [1.29, 1.82) is 0 Å². The lowest BCUT2D eigenvalue weighted by atomic mass is 10.0. The van der Waals surface area contributed by atoms with Crippen LogP contribution in [0, 0.1) is 0 Å². The van der Waals surface area contributed by atoms with Gasteiger partial charge in [-0.1, -0.05) is 48.5 Å². The number of benzene rings is 2. The number of aliphatic hydroxyl groups is 1. The summed E-state index contributed by atoms with van der Waals surface area (Å²) >= 11 is 0. The van der Waals surface area contributed by atoms with Crippen LogP contribution in [0.1, 0.15) is 24.0 Å². The average Bonchev–Trinajstić information content (AvgIpc) is 2.45. The molecule has 19 heavy (non-hydrogen) atoms. The second kappa shape index (κ2) is 6.95. The molecule has 100 valence electrons. The monoisotopic (exact) mass is 256 g/mol. The lowest BCUT2D eigenvalue weighted by Gasteiger charge is -2.11. The first-order valence-electron chi connectivity index (χ1n) is 6.74. The molecule has 0 fully saturated rings. The van der Waals surface area contributed by atoms with E-state index in [9.17, 15) is 10.2 Å². The number of aromatic hydroxyl groups is 1. The van der Waals surface area contributed by atoms with E-state index in [4.69, 9.17) is 0 Å². The molecule has 2 aromatic carbocycles. The Hall–Kier alpha value is -1.80. The van der Waals surface area contributed by atoms with Gasteiger partial charge in [0.2, 0.25) is 0 Å². The Bertz CT molecular complexity index is 494. The zero-order valence-electron chi connectivity index (χ0n) is 11.0. The summed E-state index contributed by atoms with van der Waals surface area (Å²) in [5, 5.41) is 19.6. The number of phenols is 1. The third-order valence-electron chi connectivity index (χ3n) is 3.35. The zero-order valence-corrected chi connectivity index (χ0v) is 11.0. The highest BCUT2D eigenvalue weighted by atomic mass is 16.3. The standard InChI is InChI=1S/C17H20O2/c18-16(12-10-14-6-2-1-3-7-14)13-11-15-8-4-5-9-17(15)19/h1-9,16,18-19H,10-13H2. The van der Waals surface area contributed by atoms with Crippen LogP contribution in [0.4, 0.5) is 0 Å². The predicted molar refractivity (Wildman–Crippen MR) is 77.2 cm³/mol. The van der Waals surface area contributed by atoms with Gasteiger partial charge in [-0.05, 0) is 42.9 Å². The van der Waals surface area contributed by atoms with Gasteiger partial charge in [0.1, 0.15) is 5.75 Å². The van der Waals surface area contributed by atoms with Crippen molar-refractivity contribution in [3.63, 3.8) is 0 Å². The van der Waals surface area contributed by atoms with Crippen LogP contribution in [0.5, 0.6) is 5.75 Å². The Morgan fingerprint density at radius 3 is 2.16 bits per heavy atom. The second-order valence-electron chi connectivity index (χ2n) is 4.85. The van der Waals surface area contributed by atoms with Crippen LogP contribution in [-0.2, 0) is 12.8 Å². The summed E-state index contributed by atoms with van der Waals surface area (Å²) in [5.74, 6) is 0.317. The third kappa shape index (κ3) is 4.42. The SMILES string of the molecule is Oc1ccccc1CCC(O)CCc1ccccc1. The minimum Gasteiger partial charge on any atom is -0.508 e. The van der Waals surface area contributed by atoms with E-state index < -0.39 is 0 Å². The van der Waals surface area contributed by atoms with Gasteiger partial charge in [-0.25, -0.2) is 0 Å². The lowest BCUT2D eigenvalue weighted by molar-refractivity contribution is 0.155. The molecule has 0 aliphatic rings. The summed E-state index contributed by atoms with van der Waals surface area (Å²) in [5.41, 5.74) is 2.16. The molecular formula is C17H20O2. The van der Waals surface area contributed by atoms with Crippen molar-refractivity contribution in [3.05, 3.63) is 65.7 Å². The minimum absolute atomic E-state index is 0.317. The Morgan fingerprint density at radius 1 is 0.789 bits per heavy atom. The van der Waals surface area contributed by atoms with Gasteiger partial charge in [-0.3, -0.25) is 0 Å². The number of aryl methyl sites for hydroxylation is 2. The summed E-state index contributed by atoms with van der Waals surface area (Å²) < 4.78 is 0. The van der Waals surface area contributed by atoms with Gasteiger partial charge in [-0.2, -0.15) is 0 Å².